The average Bonchev–Trinajstić information content (AvgIpc) is 2.29. The third kappa shape index (κ3) is 4.40. The molecule has 1 rings (SSSR count). The molecule has 0 aliphatic heterocycles. The molecule has 3 atom stereocenters. The Balaban J connectivity index is 2.32. The monoisotopic (exact) mass is 229 g/mol. The predicted molar refractivity (Wildman–Crippen MR) is 66.5 cm³/mol. The number of methoxy groups -OCH3 is 1. The molecule has 1 N–H and O–H groups in total. The lowest BCUT2D eigenvalue weighted by atomic mass is 9.83. The van der Waals surface area contributed by atoms with E-state index in [0.717, 1.165) is 12.5 Å². The molecule has 1 fully saturated rings. The number of nitrogens with zero attached hydrogens (tertiary/aromatic N) is 1. The minimum absolute atomic E-state index is 0.350. The zero-order valence-electron chi connectivity index (χ0n) is 11.0. The number of aliphatic hydroxyl groups is 1. The van der Waals surface area contributed by atoms with Gasteiger partial charge in [0.15, 0.2) is 0 Å². The lowest BCUT2D eigenvalue weighted by molar-refractivity contribution is 0.0264. The van der Waals surface area contributed by atoms with Gasteiger partial charge in [0, 0.05) is 19.7 Å². The lowest BCUT2D eigenvalue weighted by Gasteiger charge is -2.36. The van der Waals surface area contributed by atoms with Gasteiger partial charge in [0.25, 0.3) is 0 Å². The van der Waals surface area contributed by atoms with E-state index in [1.54, 1.807) is 7.11 Å². The van der Waals surface area contributed by atoms with Crippen LogP contribution in [0.15, 0.2) is 0 Å². The SMILES string of the molecule is CCC1CCCC(N(C)CC(O)COC)C1. The molecule has 16 heavy (non-hydrogen) atoms. The van der Waals surface area contributed by atoms with E-state index in [1.807, 2.05) is 0 Å². The van der Waals surface area contributed by atoms with Crippen LogP contribution in [0.3, 0.4) is 0 Å². The molecule has 0 saturated heterocycles. The summed E-state index contributed by atoms with van der Waals surface area (Å²) >= 11 is 0. The molecule has 0 aromatic carbocycles. The number of aliphatic hydroxyl groups excluding tert-OH is 1. The fraction of sp³-hybridized carbons (Fsp3) is 1.00. The number of rotatable bonds is 6. The second-order valence-electron chi connectivity index (χ2n) is 5.14. The first-order valence-corrected chi connectivity index (χ1v) is 6.54. The first-order chi connectivity index (χ1) is 7.67. The van der Waals surface area contributed by atoms with Gasteiger partial charge in [0.05, 0.1) is 12.7 Å². The number of hydrogen-bond acceptors (Lipinski definition) is 3. The maximum absolute atomic E-state index is 9.71. The maximum Gasteiger partial charge on any atom is 0.0900 e. The molecule has 1 aliphatic rings. The highest BCUT2D eigenvalue weighted by Gasteiger charge is 2.24. The summed E-state index contributed by atoms with van der Waals surface area (Å²) in [5.74, 6) is 0.890. The third-order valence-electron chi connectivity index (χ3n) is 3.81. The van der Waals surface area contributed by atoms with Gasteiger partial charge in [-0.2, -0.15) is 0 Å². The predicted octanol–water partition coefficient (Wildman–Crippen LogP) is 1.89. The molecule has 1 aliphatic carbocycles. The van der Waals surface area contributed by atoms with Crippen molar-refractivity contribution in [1.82, 2.24) is 4.90 Å². The third-order valence-corrected chi connectivity index (χ3v) is 3.81. The number of ether oxygens (including phenoxy) is 1. The van der Waals surface area contributed by atoms with Gasteiger partial charge in [-0.3, -0.25) is 0 Å². The first kappa shape index (κ1) is 13.9. The molecule has 0 bridgehead atoms. The smallest absolute Gasteiger partial charge is 0.0900 e. The fourth-order valence-electron chi connectivity index (χ4n) is 2.76. The average molecular weight is 229 g/mol. The Morgan fingerprint density at radius 1 is 1.44 bits per heavy atom. The highest BCUT2D eigenvalue weighted by Crippen LogP contribution is 2.29. The van der Waals surface area contributed by atoms with Gasteiger partial charge in [-0.25, -0.2) is 0 Å². The molecule has 0 aromatic rings. The zero-order valence-corrected chi connectivity index (χ0v) is 11.0. The second-order valence-corrected chi connectivity index (χ2v) is 5.14. The Labute approximate surface area is 99.8 Å². The Hall–Kier alpha value is -0.120. The van der Waals surface area contributed by atoms with E-state index in [-0.39, 0.29) is 6.10 Å². The van der Waals surface area contributed by atoms with Crippen molar-refractivity contribution < 1.29 is 9.84 Å². The molecule has 96 valence electrons. The van der Waals surface area contributed by atoms with E-state index in [2.05, 4.69) is 18.9 Å². The Bertz CT molecular complexity index is 187. The van der Waals surface area contributed by atoms with Crippen LogP contribution in [-0.4, -0.2) is 49.5 Å². The molecule has 0 heterocycles. The van der Waals surface area contributed by atoms with Gasteiger partial charge in [0.2, 0.25) is 0 Å². The van der Waals surface area contributed by atoms with Crippen LogP contribution in [0.1, 0.15) is 39.0 Å². The van der Waals surface area contributed by atoms with Gasteiger partial charge in [-0.15, -0.1) is 0 Å². The summed E-state index contributed by atoms with van der Waals surface area (Å²) in [7, 11) is 3.76. The normalized spacial score (nSPS) is 28.3. The van der Waals surface area contributed by atoms with Crippen LogP contribution in [0.25, 0.3) is 0 Å². The largest absolute Gasteiger partial charge is 0.389 e. The molecular weight excluding hydrogens is 202 g/mol. The minimum atomic E-state index is -0.350. The van der Waals surface area contributed by atoms with Gasteiger partial charge in [-0.1, -0.05) is 26.2 Å². The molecule has 3 unspecified atom stereocenters. The van der Waals surface area contributed by atoms with E-state index >= 15 is 0 Å². The van der Waals surface area contributed by atoms with E-state index in [0.29, 0.717) is 12.6 Å². The first-order valence-electron chi connectivity index (χ1n) is 6.54. The van der Waals surface area contributed by atoms with E-state index < -0.39 is 0 Å². The molecule has 0 aromatic heterocycles. The quantitative estimate of drug-likeness (QED) is 0.755. The topological polar surface area (TPSA) is 32.7 Å². The summed E-state index contributed by atoms with van der Waals surface area (Å²) in [6.45, 7) is 3.45. The van der Waals surface area contributed by atoms with Crippen molar-refractivity contribution in [2.45, 2.75) is 51.2 Å². The van der Waals surface area contributed by atoms with Gasteiger partial charge >= 0.3 is 0 Å². The zero-order chi connectivity index (χ0) is 12.0. The van der Waals surface area contributed by atoms with Crippen LogP contribution in [0.4, 0.5) is 0 Å². The minimum Gasteiger partial charge on any atom is -0.389 e. The van der Waals surface area contributed by atoms with E-state index in [9.17, 15) is 5.11 Å². The van der Waals surface area contributed by atoms with Crippen molar-refractivity contribution in [3.8, 4) is 0 Å². The molecule has 0 spiro atoms. The number of hydrogen-bond donors (Lipinski definition) is 1. The molecular formula is C13H27NO2. The molecule has 3 heteroatoms. The lowest BCUT2D eigenvalue weighted by Crippen LogP contribution is -2.41. The van der Waals surface area contributed by atoms with Crippen LogP contribution in [0.5, 0.6) is 0 Å². The van der Waals surface area contributed by atoms with Gasteiger partial charge < -0.3 is 14.7 Å². The van der Waals surface area contributed by atoms with Crippen LogP contribution in [0.2, 0.25) is 0 Å². The summed E-state index contributed by atoms with van der Waals surface area (Å²) in [6.07, 6.45) is 6.26. The Morgan fingerprint density at radius 2 is 2.19 bits per heavy atom. The maximum atomic E-state index is 9.71. The van der Waals surface area contributed by atoms with Crippen LogP contribution < -0.4 is 0 Å². The van der Waals surface area contributed by atoms with Crippen molar-refractivity contribution in [2.24, 2.45) is 5.92 Å². The highest BCUT2D eigenvalue weighted by atomic mass is 16.5. The van der Waals surface area contributed by atoms with Crippen molar-refractivity contribution in [3.05, 3.63) is 0 Å². The molecule has 1 saturated carbocycles. The van der Waals surface area contributed by atoms with Crippen molar-refractivity contribution in [1.29, 1.82) is 0 Å². The van der Waals surface area contributed by atoms with Crippen LogP contribution in [-0.2, 0) is 4.74 Å². The van der Waals surface area contributed by atoms with Crippen molar-refractivity contribution in [3.63, 3.8) is 0 Å². The summed E-state index contributed by atoms with van der Waals surface area (Å²) in [4.78, 5) is 2.31. The van der Waals surface area contributed by atoms with E-state index in [1.165, 1.54) is 32.1 Å². The molecule has 0 amide bonds. The van der Waals surface area contributed by atoms with E-state index in [4.69, 9.17) is 4.74 Å². The van der Waals surface area contributed by atoms with Gasteiger partial charge in [-0.05, 0) is 25.8 Å². The Kier molecular flexibility index (Phi) is 6.32. The summed E-state index contributed by atoms with van der Waals surface area (Å²) in [6, 6.07) is 0.658. The summed E-state index contributed by atoms with van der Waals surface area (Å²) in [5.41, 5.74) is 0. The fourth-order valence-corrected chi connectivity index (χ4v) is 2.76. The van der Waals surface area contributed by atoms with Crippen molar-refractivity contribution in [2.75, 3.05) is 27.3 Å². The standard InChI is InChI=1S/C13H27NO2/c1-4-11-6-5-7-12(8-11)14(2)9-13(15)10-16-3/h11-13,15H,4-10H2,1-3H3. The highest BCUT2D eigenvalue weighted by molar-refractivity contribution is 4.79. The van der Waals surface area contributed by atoms with Crippen LogP contribution in [0, 0.1) is 5.92 Å². The van der Waals surface area contributed by atoms with Crippen LogP contribution >= 0.6 is 0 Å². The summed E-state index contributed by atoms with van der Waals surface area (Å²) < 4.78 is 4.96. The Morgan fingerprint density at radius 3 is 2.81 bits per heavy atom. The van der Waals surface area contributed by atoms with Gasteiger partial charge in [0.1, 0.15) is 0 Å². The molecule has 3 nitrogen and oxygen atoms in total. The second kappa shape index (κ2) is 7.25. The number of likely N-dealkylation sites (N-methyl/N-ethyl adjacent to an activating group) is 1. The molecule has 0 radical (unpaired) electrons. The van der Waals surface area contributed by atoms with Crippen molar-refractivity contribution >= 4 is 0 Å². The summed E-state index contributed by atoms with van der Waals surface area (Å²) in [5, 5.41) is 9.71.